The zero-order valence-corrected chi connectivity index (χ0v) is 13.0. The van der Waals surface area contributed by atoms with Crippen LogP contribution in [0.1, 0.15) is 31.0 Å². The van der Waals surface area contributed by atoms with Gasteiger partial charge in [-0.1, -0.05) is 31.2 Å². The van der Waals surface area contributed by atoms with Gasteiger partial charge in [0.15, 0.2) is 0 Å². The van der Waals surface area contributed by atoms with Gasteiger partial charge in [0.25, 0.3) is 0 Å². The van der Waals surface area contributed by atoms with E-state index in [1.807, 2.05) is 6.92 Å². The second-order valence-electron chi connectivity index (χ2n) is 4.76. The number of ether oxygens (including phenoxy) is 2. The van der Waals surface area contributed by atoms with E-state index in [-0.39, 0.29) is 6.04 Å². The Labute approximate surface area is 122 Å². The third-order valence-electron chi connectivity index (χ3n) is 3.44. The summed E-state index contributed by atoms with van der Waals surface area (Å²) in [5.74, 6) is 0. The van der Waals surface area contributed by atoms with Gasteiger partial charge in [0.05, 0.1) is 13.2 Å². The largest absolute Gasteiger partial charge is 0.380 e. The van der Waals surface area contributed by atoms with Crippen molar-refractivity contribution in [2.45, 2.75) is 26.5 Å². The minimum Gasteiger partial charge on any atom is -0.380 e. The highest BCUT2D eigenvalue weighted by Gasteiger charge is 2.17. The van der Waals surface area contributed by atoms with Crippen LogP contribution >= 0.6 is 0 Å². The van der Waals surface area contributed by atoms with Crippen LogP contribution in [-0.2, 0) is 16.1 Å². The van der Waals surface area contributed by atoms with Gasteiger partial charge in [-0.05, 0) is 24.6 Å². The molecule has 4 nitrogen and oxygen atoms in total. The maximum absolute atomic E-state index is 6.00. The molecule has 114 valence electrons. The second kappa shape index (κ2) is 9.88. The van der Waals surface area contributed by atoms with Gasteiger partial charge in [-0.3, -0.25) is 4.90 Å². The first-order valence-corrected chi connectivity index (χ1v) is 7.36. The lowest BCUT2D eigenvalue weighted by atomic mass is 10.0. The Balaban J connectivity index is 2.78. The lowest BCUT2D eigenvalue weighted by Crippen LogP contribution is -2.36. The molecule has 0 aromatic heterocycles. The van der Waals surface area contributed by atoms with Crippen LogP contribution in [0.5, 0.6) is 0 Å². The van der Waals surface area contributed by atoms with Gasteiger partial charge < -0.3 is 15.2 Å². The summed E-state index contributed by atoms with van der Waals surface area (Å²) in [6, 6.07) is 8.71. The van der Waals surface area contributed by atoms with Crippen molar-refractivity contribution < 1.29 is 9.47 Å². The van der Waals surface area contributed by atoms with E-state index < -0.39 is 0 Å². The molecule has 0 saturated carbocycles. The minimum atomic E-state index is 0.234. The summed E-state index contributed by atoms with van der Waals surface area (Å²) in [5, 5.41) is 0. The standard InChI is InChI=1S/C16H28N2O2/c1-4-18(9-10-20-5-2)16(12-17)15-8-6-7-14(11-15)13-19-3/h6-8,11,16H,4-5,9-10,12-13,17H2,1-3H3. The quantitative estimate of drug-likeness (QED) is 0.667. The van der Waals surface area contributed by atoms with Gasteiger partial charge in [-0.25, -0.2) is 0 Å². The third-order valence-corrected chi connectivity index (χ3v) is 3.44. The molecule has 1 atom stereocenters. The zero-order valence-electron chi connectivity index (χ0n) is 13.0. The predicted octanol–water partition coefficient (Wildman–Crippen LogP) is 2.19. The summed E-state index contributed by atoms with van der Waals surface area (Å²) >= 11 is 0. The molecule has 0 aliphatic rings. The van der Waals surface area contributed by atoms with Crippen LogP contribution in [0.25, 0.3) is 0 Å². The van der Waals surface area contributed by atoms with E-state index in [0.717, 1.165) is 26.3 Å². The van der Waals surface area contributed by atoms with Crippen LogP contribution in [0, 0.1) is 0 Å². The zero-order chi connectivity index (χ0) is 14.8. The minimum absolute atomic E-state index is 0.234. The fourth-order valence-electron chi connectivity index (χ4n) is 2.41. The van der Waals surface area contributed by atoms with E-state index in [1.165, 1.54) is 11.1 Å². The Morgan fingerprint density at radius 3 is 2.70 bits per heavy atom. The van der Waals surface area contributed by atoms with Crippen molar-refractivity contribution in [2.75, 3.05) is 40.0 Å². The Morgan fingerprint density at radius 2 is 2.10 bits per heavy atom. The lowest BCUT2D eigenvalue weighted by molar-refractivity contribution is 0.0980. The van der Waals surface area contributed by atoms with Gasteiger partial charge in [-0.2, -0.15) is 0 Å². The average Bonchev–Trinajstić information content (AvgIpc) is 2.47. The number of nitrogens with two attached hydrogens (primary N) is 1. The lowest BCUT2D eigenvalue weighted by Gasteiger charge is -2.30. The maximum Gasteiger partial charge on any atom is 0.0713 e. The molecule has 0 spiro atoms. The smallest absolute Gasteiger partial charge is 0.0713 e. The summed E-state index contributed by atoms with van der Waals surface area (Å²) in [6.07, 6.45) is 0. The predicted molar refractivity (Wildman–Crippen MR) is 82.7 cm³/mol. The Hall–Kier alpha value is -0.940. The van der Waals surface area contributed by atoms with Crippen LogP contribution in [0.4, 0.5) is 0 Å². The Kier molecular flexibility index (Phi) is 8.46. The van der Waals surface area contributed by atoms with E-state index in [1.54, 1.807) is 7.11 Å². The van der Waals surface area contributed by atoms with Crippen LogP contribution < -0.4 is 5.73 Å². The second-order valence-corrected chi connectivity index (χ2v) is 4.76. The molecule has 0 bridgehead atoms. The van der Waals surface area contributed by atoms with Gasteiger partial charge in [0.2, 0.25) is 0 Å². The third kappa shape index (κ3) is 5.21. The van der Waals surface area contributed by atoms with Crippen molar-refractivity contribution in [3.8, 4) is 0 Å². The average molecular weight is 280 g/mol. The SMILES string of the molecule is CCOCCN(CC)C(CN)c1cccc(COC)c1. The van der Waals surface area contributed by atoms with Gasteiger partial charge in [0.1, 0.15) is 0 Å². The number of rotatable bonds is 10. The summed E-state index contributed by atoms with van der Waals surface area (Å²) in [5.41, 5.74) is 8.43. The van der Waals surface area contributed by atoms with E-state index in [4.69, 9.17) is 15.2 Å². The number of nitrogens with zero attached hydrogens (tertiary/aromatic N) is 1. The van der Waals surface area contributed by atoms with Gasteiger partial charge in [-0.15, -0.1) is 0 Å². The first kappa shape index (κ1) is 17.1. The topological polar surface area (TPSA) is 47.7 Å². The fourth-order valence-corrected chi connectivity index (χ4v) is 2.41. The molecule has 1 unspecified atom stereocenters. The van der Waals surface area contributed by atoms with Crippen molar-refractivity contribution >= 4 is 0 Å². The number of hydrogen-bond donors (Lipinski definition) is 1. The maximum atomic E-state index is 6.00. The molecule has 0 aliphatic carbocycles. The summed E-state index contributed by atoms with van der Waals surface area (Å²) in [6.45, 7) is 8.79. The summed E-state index contributed by atoms with van der Waals surface area (Å²) in [7, 11) is 1.72. The van der Waals surface area contributed by atoms with Crippen LogP contribution in [0.3, 0.4) is 0 Å². The summed E-state index contributed by atoms with van der Waals surface area (Å²) < 4.78 is 10.7. The molecular weight excluding hydrogens is 252 g/mol. The molecule has 1 aromatic rings. The van der Waals surface area contributed by atoms with Crippen molar-refractivity contribution in [3.63, 3.8) is 0 Å². The first-order valence-electron chi connectivity index (χ1n) is 7.36. The van der Waals surface area contributed by atoms with Crippen molar-refractivity contribution in [1.29, 1.82) is 0 Å². The van der Waals surface area contributed by atoms with E-state index in [9.17, 15) is 0 Å². The highest BCUT2D eigenvalue weighted by atomic mass is 16.5. The molecular formula is C16H28N2O2. The molecule has 0 heterocycles. The van der Waals surface area contributed by atoms with Crippen molar-refractivity contribution in [1.82, 2.24) is 4.90 Å². The van der Waals surface area contributed by atoms with Crippen LogP contribution in [0.15, 0.2) is 24.3 Å². The van der Waals surface area contributed by atoms with Crippen LogP contribution in [0.2, 0.25) is 0 Å². The number of benzene rings is 1. The van der Waals surface area contributed by atoms with E-state index in [2.05, 4.69) is 36.1 Å². The Morgan fingerprint density at radius 1 is 1.30 bits per heavy atom. The highest BCUT2D eigenvalue weighted by Crippen LogP contribution is 2.20. The molecule has 0 fully saturated rings. The van der Waals surface area contributed by atoms with Crippen molar-refractivity contribution in [2.24, 2.45) is 5.73 Å². The monoisotopic (exact) mass is 280 g/mol. The normalized spacial score (nSPS) is 12.8. The number of hydrogen-bond acceptors (Lipinski definition) is 4. The highest BCUT2D eigenvalue weighted by molar-refractivity contribution is 5.26. The number of likely N-dealkylation sites (N-methyl/N-ethyl adjacent to an activating group) is 1. The van der Waals surface area contributed by atoms with Crippen molar-refractivity contribution in [3.05, 3.63) is 35.4 Å². The molecule has 2 N–H and O–H groups in total. The van der Waals surface area contributed by atoms with Gasteiger partial charge >= 0.3 is 0 Å². The molecule has 1 aromatic carbocycles. The molecule has 0 aliphatic heterocycles. The number of methoxy groups -OCH3 is 1. The molecule has 1 rings (SSSR count). The molecule has 20 heavy (non-hydrogen) atoms. The first-order chi connectivity index (χ1) is 9.76. The molecule has 0 saturated heterocycles. The summed E-state index contributed by atoms with van der Waals surface area (Å²) in [4.78, 5) is 2.36. The molecule has 0 radical (unpaired) electrons. The molecule has 4 heteroatoms. The fraction of sp³-hybridized carbons (Fsp3) is 0.625. The molecule has 0 amide bonds. The Bertz CT molecular complexity index is 371. The van der Waals surface area contributed by atoms with Crippen LogP contribution in [-0.4, -0.2) is 44.9 Å². The van der Waals surface area contributed by atoms with E-state index in [0.29, 0.717) is 13.2 Å². The van der Waals surface area contributed by atoms with Gasteiger partial charge in [0, 0.05) is 32.8 Å². The van der Waals surface area contributed by atoms with E-state index >= 15 is 0 Å².